The van der Waals surface area contributed by atoms with Crippen LogP contribution in [0.4, 0.5) is 11.4 Å². The van der Waals surface area contributed by atoms with Gasteiger partial charge < -0.3 is 5.32 Å². The van der Waals surface area contributed by atoms with Crippen molar-refractivity contribution >= 4 is 45.6 Å². The number of rotatable bonds is 5. The summed E-state index contributed by atoms with van der Waals surface area (Å²) in [5.41, 5.74) is 1.49. The van der Waals surface area contributed by atoms with Crippen LogP contribution in [0.3, 0.4) is 0 Å². The minimum absolute atomic E-state index is 0.0518. The molecule has 1 N–H and O–H groups in total. The maximum atomic E-state index is 11.2. The number of thiazole rings is 1. The van der Waals surface area contributed by atoms with Crippen molar-refractivity contribution in [1.82, 2.24) is 4.98 Å². The Labute approximate surface area is 139 Å². The summed E-state index contributed by atoms with van der Waals surface area (Å²) in [4.78, 5) is 16.7. The zero-order chi connectivity index (χ0) is 15.5. The lowest BCUT2D eigenvalue weighted by atomic mass is 10.1. The molecule has 22 heavy (non-hydrogen) atoms. The second-order valence-corrected chi connectivity index (χ2v) is 7.04. The molecule has 0 atom stereocenters. The summed E-state index contributed by atoms with van der Waals surface area (Å²) >= 11 is 8.73. The Morgan fingerprint density at radius 3 is 2.86 bits per heavy atom. The Bertz CT molecular complexity index is 802. The van der Waals surface area contributed by atoms with Crippen molar-refractivity contribution in [2.24, 2.45) is 0 Å². The van der Waals surface area contributed by atoms with Gasteiger partial charge in [0.1, 0.15) is 5.69 Å². The molecular formula is C14H10ClN3O2S2. The minimum atomic E-state index is -0.389. The van der Waals surface area contributed by atoms with Gasteiger partial charge in [-0.25, -0.2) is 4.98 Å². The highest BCUT2D eigenvalue weighted by Gasteiger charge is 2.15. The molecule has 3 rings (SSSR count). The summed E-state index contributed by atoms with van der Waals surface area (Å²) in [7, 11) is 0. The predicted molar refractivity (Wildman–Crippen MR) is 90.9 cm³/mol. The van der Waals surface area contributed by atoms with Crippen molar-refractivity contribution in [3.8, 4) is 10.4 Å². The van der Waals surface area contributed by atoms with Gasteiger partial charge in [-0.3, -0.25) is 10.1 Å². The van der Waals surface area contributed by atoms with Crippen molar-refractivity contribution in [2.75, 3.05) is 5.32 Å². The molecule has 0 unspecified atom stereocenters. The van der Waals surface area contributed by atoms with E-state index >= 15 is 0 Å². The molecular weight excluding hydrogens is 342 g/mol. The Morgan fingerprint density at radius 1 is 1.36 bits per heavy atom. The first-order valence-corrected chi connectivity index (χ1v) is 8.37. The fourth-order valence-electron chi connectivity index (χ4n) is 1.98. The SMILES string of the molecule is O=[N+]([O-])c1ccc(-c2cccs2)cc1NCc1cnc(Cl)s1. The maximum Gasteiger partial charge on any atom is 0.292 e. The lowest BCUT2D eigenvalue weighted by Gasteiger charge is -2.07. The average molecular weight is 352 g/mol. The molecule has 0 aliphatic heterocycles. The topological polar surface area (TPSA) is 68.1 Å². The molecule has 0 spiro atoms. The molecule has 8 heteroatoms. The number of nitro benzene ring substituents is 1. The van der Waals surface area contributed by atoms with Crippen molar-refractivity contribution in [3.05, 3.63) is 61.4 Å². The number of halogens is 1. The number of thiophene rings is 1. The quantitative estimate of drug-likeness (QED) is 0.516. The molecule has 2 aromatic heterocycles. The summed E-state index contributed by atoms with van der Waals surface area (Å²) in [6.45, 7) is 0.444. The predicted octanol–water partition coefficient (Wildman–Crippen LogP) is 5.05. The van der Waals surface area contributed by atoms with E-state index in [9.17, 15) is 10.1 Å². The summed E-state index contributed by atoms with van der Waals surface area (Å²) in [6, 6.07) is 9.02. The average Bonchev–Trinajstić information content (AvgIpc) is 3.16. The molecule has 0 aliphatic carbocycles. The monoisotopic (exact) mass is 351 g/mol. The molecule has 0 bridgehead atoms. The first-order valence-electron chi connectivity index (χ1n) is 6.30. The van der Waals surface area contributed by atoms with Crippen LogP contribution in [0.1, 0.15) is 4.88 Å². The summed E-state index contributed by atoms with van der Waals surface area (Å²) in [5.74, 6) is 0. The molecule has 0 aliphatic rings. The summed E-state index contributed by atoms with van der Waals surface area (Å²) in [5, 5.41) is 16.2. The molecule has 0 saturated carbocycles. The van der Waals surface area contributed by atoms with Crippen molar-refractivity contribution in [3.63, 3.8) is 0 Å². The first-order chi connectivity index (χ1) is 10.6. The molecule has 0 saturated heterocycles. The minimum Gasteiger partial charge on any atom is -0.375 e. The van der Waals surface area contributed by atoms with E-state index in [-0.39, 0.29) is 10.6 Å². The highest BCUT2D eigenvalue weighted by molar-refractivity contribution is 7.15. The van der Waals surface area contributed by atoms with Crippen LogP contribution in [0.2, 0.25) is 4.47 Å². The van der Waals surface area contributed by atoms with Gasteiger partial charge in [0.25, 0.3) is 5.69 Å². The number of hydrogen-bond donors (Lipinski definition) is 1. The normalized spacial score (nSPS) is 10.6. The van der Waals surface area contributed by atoms with Crippen LogP contribution in [0.25, 0.3) is 10.4 Å². The maximum absolute atomic E-state index is 11.2. The zero-order valence-corrected chi connectivity index (χ0v) is 13.5. The van der Waals surface area contributed by atoms with E-state index in [1.807, 2.05) is 17.5 Å². The van der Waals surface area contributed by atoms with E-state index in [0.29, 0.717) is 16.7 Å². The van der Waals surface area contributed by atoms with Gasteiger partial charge in [0.2, 0.25) is 0 Å². The van der Waals surface area contributed by atoms with Crippen LogP contribution in [0, 0.1) is 10.1 Å². The van der Waals surface area contributed by atoms with Gasteiger partial charge in [-0.05, 0) is 29.1 Å². The second kappa shape index (κ2) is 6.43. The van der Waals surface area contributed by atoms with Crippen molar-refractivity contribution in [2.45, 2.75) is 6.54 Å². The smallest absolute Gasteiger partial charge is 0.292 e. The second-order valence-electron chi connectivity index (χ2n) is 4.40. The fraction of sp³-hybridized carbons (Fsp3) is 0.0714. The van der Waals surface area contributed by atoms with Crippen LogP contribution in [-0.2, 0) is 6.54 Å². The molecule has 0 fully saturated rings. The molecule has 112 valence electrons. The Balaban J connectivity index is 1.89. The standard InChI is InChI=1S/C14H10ClN3O2S2/c15-14-17-8-10(22-14)7-16-11-6-9(13-2-1-5-21-13)3-4-12(11)18(19)20/h1-6,8,16H,7H2. The molecule has 2 heterocycles. The van der Waals surface area contributed by atoms with Gasteiger partial charge in [0.05, 0.1) is 11.5 Å². The van der Waals surface area contributed by atoms with Gasteiger partial charge in [0.15, 0.2) is 4.47 Å². The van der Waals surface area contributed by atoms with Crippen molar-refractivity contribution in [1.29, 1.82) is 0 Å². The molecule has 0 amide bonds. The lowest BCUT2D eigenvalue weighted by molar-refractivity contribution is -0.384. The van der Waals surface area contributed by atoms with E-state index in [0.717, 1.165) is 15.3 Å². The number of nitrogens with zero attached hydrogens (tertiary/aromatic N) is 2. The lowest BCUT2D eigenvalue weighted by Crippen LogP contribution is -2.01. The Kier molecular flexibility index (Phi) is 4.37. The van der Waals surface area contributed by atoms with E-state index in [4.69, 9.17) is 11.6 Å². The van der Waals surface area contributed by atoms with Gasteiger partial charge in [0, 0.05) is 22.0 Å². The number of nitrogens with one attached hydrogen (secondary N) is 1. The van der Waals surface area contributed by atoms with Crippen LogP contribution in [0.5, 0.6) is 0 Å². The van der Waals surface area contributed by atoms with Crippen LogP contribution >= 0.6 is 34.3 Å². The molecule has 1 aromatic carbocycles. The van der Waals surface area contributed by atoms with E-state index in [1.54, 1.807) is 29.7 Å². The van der Waals surface area contributed by atoms with E-state index in [1.165, 1.54) is 17.4 Å². The zero-order valence-electron chi connectivity index (χ0n) is 11.2. The highest BCUT2D eigenvalue weighted by Crippen LogP contribution is 2.33. The van der Waals surface area contributed by atoms with Crippen LogP contribution in [-0.4, -0.2) is 9.91 Å². The van der Waals surface area contributed by atoms with Gasteiger partial charge in [-0.15, -0.1) is 22.7 Å². The summed E-state index contributed by atoms with van der Waals surface area (Å²) < 4.78 is 0.457. The summed E-state index contributed by atoms with van der Waals surface area (Å²) in [6.07, 6.45) is 1.66. The number of aromatic nitrogens is 1. The molecule has 5 nitrogen and oxygen atoms in total. The fourth-order valence-corrected chi connectivity index (χ4v) is 3.62. The van der Waals surface area contributed by atoms with Gasteiger partial charge >= 0.3 is 0 Å². The molecule has 0 radical (unpaired) electrons. The number of nitro groups is 1. The third-order valence-electron chi connectivity index (χ3n) is 2.98. The van der Waals surface area contributed by atoms with Crippen LogP contribution < -0.4 is 5.32 Å². The van der Waals surface area contributed by atoms with Crippen molar-refractivity contribution < 1.29 is 4.92 Å². The third-order valence-corrected chi connectivity index (χ3v) is 5.01. The van der Waals surface area contributed by atoms with E-state index < -0.39 is 0 Å². The number of anilines is 1. The number of hydrogen-bond acceptors (Lipinski definition) is 6. The largest absolute Gasteiger partial charge is 0.375 e. The Hall–Kier alpha value is -1.96. The van der Waals surface area contributed by atoms with Gasteiger partial charge in [-0.1, -0.05) is 17.7 Å². The Morgan fingerprint density at radius 2 is 2.23 bits per heavy atom. The van der Waals surface area contributed by atoms with E-state index in [2.05, 4.69) is 10.3 Å². The third kappa shape index (κ3) is 3.27. The molecule has 3 aromatic rings. The van der Waals surface area contributed by atoms with Crippen LogP contribution in [0.15, 0.2) is 41.9 Å². The highest BCUT2D eigenvalue weighted by atomic mass is 35.5. The van der Waals surface area contributed by atoms with Gasteiger partial charge in [-0.2, -0.15) is 0 Å². The number of benzene rings is 1. The first kappa shape index (κ1) is 15.0.